The first-order chi connectivity index (χ1) is 30.8. The number of piperazine rings is 1. The number of benzene rings is 4. The minimum atomic E-state index is -6.20. The van der Waals surface area contributed by atoms with Gasteiger partial charge in [-0.1, -0.05) is 62.2 Å². The number of nitrogens with two attached hydrogens (primary N) is 1. The van der Waals surface area contributed by atoms with Crippen LogP contribution in [0.4, 0.5) is 30.2 Å². The molecule has 0 bridgehead atoms. The van der Waals surface area contributed by atoms with Gasteiger partial charge in [-0.3, -0.25) is 9.69 Å². The Hall–Kier alpha value is -4.10. The van der Waals surface area contributed by atoms with Gasteiger partial charge in [-0.05, 0) is 109 Å². The van der Waals surface area contributed by atoms with Crippen LogP contribution < -0.4 is 19.8 Å². The summed E-state index contributed by atoms with van der Waals surface area (Å²) in [6.45, 7) is 12.7. The molecule has 1 amide bonds. The molecule has 0 saturated carbocycles. The van der Waals surface area contributed by atoms with Crippen molar-refractivity contribution in [2.75, 3.05) is 79.5 Å². The van der Waals surface area contributed by atoms with E-state index in [-0.39, 0.29) is 23.2 Å². The first-order valence-electron chi connectivity index (χ1n) is 21.7. The van der Waals surface area contributed by atoms with E-state index < -0.39 is 52.8 Å². The van der Waals surface area contributed by atoms with Crippen LogP contribution in [0.15, 0.2) is 111 Å². The van der Waals surface area contributed by atoms with Gasteiger partial charge < -0.3 is 19.4 Å². The second-order valence-corrected chi connectivity index (χ2v) is 22.4. The molecule has 350 valence electrons. The number of alkyl halides is 3. The molecule has 18 heteroatoms. The van der Waals surface area contributed by atoms with Crippen molar-refractivity contribution in [2.24, 2.45) is 10.6 Å². The molecule has 7 rings (SSSR count). The Morgan fingerprint density at radius 3 is 2.18 bits per heavy atom. The van der Waals surface area contributed by atoms with E-state index >= 15 is 0 Å². The molecule has 1 aliphatic carbocycles. The maximum atomic E-state index is 14.8. The van der Waals surface area contributed by atoms with Crippen LogP contribution in [0.5, 0.6) is 0 Å². The Kier molecular flexibility index (Phi) is 15.0. The van der Waals surface area contributed by atoms with Crippen LogP contribution >= 0.6 is 23.4 Å². The van der Waals surface area contributed by atoms with Gasteiger partial charge in [-0.25, -0.2) is 22.0 Å². The van der Waals surface area contributed by atoms with Crippen LogP contribution in [0.25, 0.3) is 5.57 Å². The fraction of sp³-hybridized carbons (Fsp3) is 0.426. The average Bonchev–Trinajstić information content (AvgIpc) is 3.28. The minimum Gasteiger partial charge on any atom is -0.378 e. The van der Waals surface area contributed by atoms with Gasteiger partial charge in [0.25, 0.3) is 15.7 Å². The summed E-state index contributed by atoms with van der Waals surface area (Å²) in [5.74, 6) is -0.596. The number of halogens is 4. The third kappa shape index (κ3) is 11.4. The lowest BCUT2D eigenvalue weighted by atomic mass is 9.73. The lowest BCUT2D eigenvalue weighted by Gasteiger charge is -2.39. The highest BCUT2D eigenvalue weighted by Crippen LogP contribution is 2.44. The van der Waals surface area contributed by atoms with E-state index in [1.54, 1.807) is 31.2 Å². The van der Waals surface area contributed by atoms with E-state index in [1.807, 2.05) is 36.4 Å². The number of thioether (sulfide) groups is 1. The summed E-state index contributed by atoms with van der Waals surface area (Å²) in [6.07, 6.45) is 3.34. The zero-order valence-corrected chi connectivity index (χ0v) is 39.9. The third-order valence-corrected chi connectivity index (χ3v) is 16.3. The summed E-state index contributed by atoms with van der Waals surface area (Å²) in [7, 11) is -10.8. The molecule has 0 radical (unpaired) electrons. The Morgan fingerprint density at radius 2 is 1.55 bits per heavy atom. The van der Waals surface area contributed by atoms with Crippen LogP contribution in [0, 0.1) is 5.41 Å². The zero-order chi connectivity index (χ0) is 46.7. The van der Waals surface area contributed by atoms with Crippen molar-refractivity contribution >= 4 is 71.8 Å². The van der Waals surface area contributed by atoms with Gasteiger partial charge in [0, 0.05) is 78.8 Å². The number of sulfone groups is 1. The zero-order valence-electron chi connectivity index (χ0n) is 36.7. The number of carbonyl (C=O) groups excluding carboxylic acids is 1. The number of anilines is 3. The maximum absolute atomic E-state index is 14.8. The number of primary sulfonamides is 1. The van der Waals surface area contributed by atoms with E-state index in [2.05, 4.69) is 40.7 Å². The number of hydrogen-bond donors (Lipinski definition) is 1. The largest absolute Gasteiger partial charge is 0.501 e. The average molecular weight is 975 g/mol. The van der Waals surface area contributed by atoms with Gasteiger partial charge in [-0.2, -0.15) is 13.2 Å². The second kappa shape index (κ2) is 20.0. The van der Waals surface area contributed by atoms with Gasteiger partial charge in [-0.15, -0.1) is 11.8 Å². The number of morpholine rings is 1. The first-order valence-corrected chi connectivity index (χ1v) is 26.1. The summed E-state index contributed by atoms with van der Waals surface area (Å²) >= 11 is 7.60. The molecule has 2 N–H and O–H groups in total. The van der Waals surface area contributed by atoms with E-state index in [9.17, 15) is 34.8 Å². The quantitative estimate of drug-likeness (QED) is 0.122. The number of amides is 1. The highest BCUT2D eigenvalue weighted by atomic mass is 35.5. The summed E-state index contributed by atoms with van der Waals surface area (Å²) in [5.41, 5.74) is -0.286. The molecule has 0 unspecified atom stereocenters. The molecule has 65 heavy (non-hydrogen) atoms. The molecule has 2 fully saturated rings. The van der Waals surface area contributed by atoms with Crippen LogP contribution in [0.2, 0.25) is 5.02 Å². The number of sulfonamides is 1. The van der Waals surface area contributed by atoms with Gasteiger partial charge in [0.1, 0.15) is 4.90 Å². The maximum Gasteiger partial charge on any atom is 0.501 e. The fourth-order valence-corrected chi connectivity index (χ4v) is 11.8. The monoisotopic (exact) mass is 973 g/mol. The highest BCUT2D eigenvalue weighted by Gasteiger charge is 2.49. The molecule has 1 atom stereocenters. The number of hydrogen-bond acceptors (Lipinski definition) is 10. The number of rotatable bonds is 14. The van der Waals surface area contributed by atoms with E-state index in [4.69, 9.17) is 21.5 Å². The Morgan fingerprint density at radius 1 is 0.892 bits per heavy atom. The number of carbonyl (C=O) groups is 1. The van der Waals surface area contributed by atoms with Crippen LogP contribution in [-0.2, 0) is 24.6 Å². The van der Waals surface area contributed by atoms with Crippen molar-refractivity contribution in [3.63, 3.8) is 0 Å². The van der Waals surface area contributed by atoms with Crippen LogP contribution in [-0.4, -0.2) is 104 Å². The van der Waals surface area contributed by atoms with Crippen molar-refractivity contribution in [1.29, 1.82) is 0 Å². The lowest BCUT2D eigenvalue weighted by molar-refractivity contribution is -0.0436. The SMILES string of the molecule is CC[C@H](CSc1ccccc1N1CCOCC1)N(C(=O)c1ccc(N2CCN(CC3=C(c4ccc(Cl)cc4)CCC(C)(C)C3)CC2)cc1)c1ccc(S(N)(=O)=O)cc1S(=O)(=O)C(F)(F)F. The Labute approximate surface area is 389 Å². The van der Waals surface area contributed by atoms with E-state index in [0.717, 1.165) is 85.3 Å². The molecule has 2 heterocycles. The Balaban J connectivity index is 1.16. The summed E-state index contributed by atoms with van der Waals surface area (Å²) in [6, 6.07) is 23.9. The molecule has 2 aliphatic heterocycles. The molecule has 11 nitrogen and oxygen atoms in total. The number of allylic oxidation sites excluding steroid dienone is 1. The highest BCUT2D eigenvalue weighted by molar-refractivity contribution is 7.99. The molecule has 0 aromatic heterocycles. The number of para-hydroxylation sites is 1. The lowest BCUT2D eigenvalue weighted by Crippen LogP contribution is -2.47. The predicted molar refractivity (Wildman–Crippen MR) is 253 cm³/mol. The molecule has 4 aromatic rings. The van der Waals surface area contributed by atoms with Crippen molar-refractivity contribution in [1.82, 2.24) is 4.90 Å². The third-order valence-electron chi connectivity index (χ3n) is 12.4. The molecule has 2 saturated heterocycles. The molecular weight excluding hydrogens is 919 g/mol. The molecule has 3 aliphatic rings. The van der Waals surface area contributed by atoms with Crippen LogP contribution in [0.3, 0.4) is 0 Å². The van der Waals surface area contributed by atoms with E-state index in [1.165, 1.54) is 28.5 Å². The smallest absolute Gasteiger partial charge is 0.378 e. The Bertz CT molecular complexity index is 2600. The van der Waals surface area contributed by atoms with Crippen molar-refractivity contribution < 1.29 is 39.5 Å². The first kappa shape index (κ1) is 48.8. The molecule has 0 spiro atoms. The standard InChI is InChI=1S/C47H55ClF3N5O6S3/c1-4-37(32-63-43-8-6-5-7-41(43)55-25-27-62-28-26-55)56(42-18-17-39(65(52,60)61)29-44(42)64(58,59)47(49,50)51)45(57)34-11-15-38(16-12-34)54-23-21-53(22-24-54)31-35-30-46(2,3)20-19-40(35)33-9-13-36(48)14-10-33/h5-18,29,37H,4,19-28,30-32H2,1-3H3,(H2,52,60,61)/t37-/m1/s1. The predicted octanol–water partition coefficient (Wildman–Crippen LogP) is 9.12. The fourth-order valence-electron chi connectivity index (χ4n) is 8.84. The van der Waals surface area contributed by atoms with Crippen molar-refractivity contribution in [2.45, 2.75) is 72.7 Å². The van der Waals surface area contributed by atoms with Crippen LogP contribution in [0.1, 0.15) is 62.4 Å². The number of nitrogens with zero attached hydrogens (tertiary/aromatic N) is 4. The summed E-state index contributed by atoms with van der Waals surface area (Å²) < 4.78 is 100.0. The summed E-state index contributed by atoms with van der Waals surface area (Å²) in [4.78, 5) is 21.4. The normalized spacial score (nSPS) is 18.2. The topological polar surface area (TPSA) is 134 Å². The van der Waals surface area contributed by atoms with Crippen molar-refractivity contribution in [3.05, 3.63) is 113 Å². The second-order valence-electron chi connectivity index (χ2n) is 17.5. The summed E-state index contributed by atoms with van der Waals surface area (Å²) in [5, 5.41) is 5.99. The molecular formula is C47H55ClF3N5O6S3. The number of ether oxygens (including phenoxy) is 1. The van der Waals surface area contributed by atoms with Gasteiger partial charge in [0.15, 0.2) is 0 Å². The van der Waals surface area contributed by atoms with Gasteiger partial charge >= 0.3 is 5.51 Å². The molecule has 4 aromatic carbocycles. The van der Waals surface area contributed by atoms with Crippen molar-refractivity contribution in [3.8, 4) is 0 Å². The van der Waals surface area contributed by atoms with E-state index in [0.29, 0.717) is 37.4 Å². The minimum absolute atomic E-state index is 0.108. The van der Waals surface area contributed by atoms with Gasteiger partial charge in [0.05, 0.1) is 29.5 Å². The van der Waals surface area contributed by atoms with Gasteiger partial charge in [0.2, 0.25) is 10.0 Å².